The van der Waals surface area contributed by atoms with Crippen LogP contribution >= 0.6 is 0 Å². The average Bonchev–Trinajstić information content (AvgIpc) is 2.59. The van der Waals surface area contributed by atoms with Crippen LogP contribution in [-0.4, -0.2) is 15.9 Å². The van der Waals surface area contributed by atoms with Gasteiger partial charge < -0.3 is 5.32 Å². The van der Waals surface area contributed by atoms with Crippen molar-refractivity contribution in [1.82, 2.24) is 9.97 Å². The Bertz CT molecular complexity index is 575. The molecule has 1 N–H and O–H groups in total. The van der Waals surface area contributed by atoms with Crippen molar-refractivity contribution < 1.29 is 4.79 Å². The number of hydrogen-bond acceptors (Lipinski definition) is 3. The van der Waals surface area contributed by atoms with Crippen LogP contribution in [0.4, 0.5) is 5.69 Å². The van der Waals surface area contributed by atoms with E-state index in [9.17, 15) is 4.79 Å². The van der Waals surface area contributed by atoms with Gasteiger partial charge in [-0.15, -0.1) is 0 Å². The number of para-hydroxylation sites is 1. The van der Waals surface area contributed by atoms with E-state index in [4.69, 9.17) is 0 Å². The smallest absolute Gasteiger partial charge is 0.229 e. The number of aromatic nitrogens is 2. The fourth-order valence-corrected chi connectivity index (χ4v) is 1.54. The molecule has 0 spiro atoms. The van der Waals surface area contributed by atoms with Gasteiger partial charge in [-0.1, -0.05) is 60.6 Å². The lowest BCUT2D eigenvalue weighted by Crippen LogP contribution is -2.27. The fraction of sp³-hybridized carbons (Fsp3) is 0.421. The van der Waals surface area contributed by atoms with Gasteiger partial charge in [0, 0.05) is 23.4 Å². The highest BCUT2D eigenvalue weighted by Gasteiger charge is 2.22. The highest BCUT2D eigenvalue weighted by atomic mass is 16.2. The van der Waals surface area contributed by atoms with Crippen LogP contribution in [0.15, 0.2) is 42.7 Å². The lowest BCUT2D eigenvalue weighted by Gasteiger charge is -2.19. The molecule has 0 unspecified atom stereocenters. The van der Waals surface area contributed by atoms with E-state index in [0.717, 1.165) is 11.3 Å². The molecule has 0 atom stereocenters. The Morgan fingerprint density at radius 3 is 1.96 bits per heavy atom. The van der Waals surface area contributed by atoms with E-state index in [1.54, 1.807) is 18.5 Å². The second kappa shape index (κ2) is 10.5. The number of rotatable bonds is 2. The molecule has 126 valence electrons. The van der Waals surface area contributed by atoms with E-state index < -0.39 is 5.41 Å². The molecule has 1 aromatic heterocycles. The molecule has 0 aliphatic heterocycles. The van der Waals surface area contributed by atoms with E-state index in [-0.39, 0.29) is 5.91 Å². The Labute approximate surface area is 140 Å². The number of carbonyl (C=O) groups excluding carboxylic acids is 1. The SMILES string of the molecule is CC.CC.CC(C)(C)C(=O)Nc1ccccc1-c1ncccn1. The van der Waals surface area contributed by atoms with Crippen molar-refractivity contribution in [3.05, 3.63) is 42.7 Å². The summed E-state index contributed by atoms with van der Waals surface area (Å²) in [5.74, 6) is 0.572. The number of hydrogen-bond donors (Lipinski definition) is 1. The highest BCUT2D eigenvalue weighted by molar-refractivity contribution is 5.97. The highest BCUT2D eigenvalue weighted by Crippen LogP contribution is 2.26. The minimum atomic E-state index is -0.440. The molecule has 0 saturated carbocycles. The minimum absolute atomic E-state index is 0.0316. The maximum atomic E-state index is 12.1. The maximum absolute atomic E-state index is 12.1. The van der Waals surface area contributed by atoms with Crippen molar-refractivity contribution in [1.29, 1.82) is 0 Å². The molecule has 1 aromatic carbocycles. The topological polar surface area (TPSA) is 54.9 Å². The first kappa shape index (κ1) is 20.8. The molecule has 2 aromatic rings. The van der Waals surface area contributed by atoms with Crippen LogP contribution in [0.1, 0.15) is 48.5 Å². The van der Waals surface area contributed by atoms with Crippen LogP contribution in [0.3, 0.4) is 0 Å². The van der Waals surface area contributed by atoms with Crippen LogP contribution in [0.25, 0.3) is 11.4 Å². The van der Waals surface area contributed by atoms with E-state index in [1.807, 2.05) is 72.7 Å². The lowest BCUT2D eigenvalue weighted by molar-refractivity contribution is -0.123. The Balaban J connectivity index is 0.00000112. The van der Waals surface area contributed by atoms with Gasteiger partial charge in [-0.2, -0.15) is 0 Å². The van der Waals surface area contributed by atoms with Gasteiger partial charge in [-0.3, -0.25) is 4.79 Å². The Morgan fingerprint density at radius 1 is 0.913 bits per heavy atom. The molecule has 0 fully saturated rings. The summed E-state index contributed by atoms with van der Waals surface area (Å²) in [5, 5.41) is 2.93. The average molecular weight is 315 g/mol. The first-order valence-corrected chi connectivity index (χ1v) is 8.16. The van der Waals surface area contributed by atoms with Crippen LogP contribution in [0.5, 0.6) is 0 Å². The number of nitrogens with zero attached hydrogens (tertiary/aromatic N) is 2. The van der Waals surface area contributed by atoms with Gasteiger partial charge in [-0.25, -0.2) is 9.97 Å². The van der Waals surface area contributed by atoms with Crippen molar-refractivity contribution in [2.24, 2.45) is 5.41 Å². The normalized spacial score (nSPS) is 9.70. The fourth-order valence-electron chi connectivity index (χ4n) is 1.54. The van der Waals surface area contributed by atoms with Crippen molar-refractivity contribution in [2.45, 2.75) is 48.5 Å². The summed E-state index contributed by atoms with van der Waals surface area (Å²) in [5.41, 5.74) is 1.11. The van der Waals surface area contributed by atoms with Gasteiger partial charge in [0.2, 0.25) is 5.91 Å². The largest absolute Gasteiger partial charge is 0.325 e. The van der Waals surface area contributed by atoms with Gasteiger partial charge in [-0.05, 0) is 18.2 Å². The predicted octanol–water partition coefficient (Wildman–Crippen LogP) is 5.18. The van der Waals surface area contributed by atoms with Crippen molar-refractivity contribution in [3.8, 4) is 11.4 Å². The van der Waals surface area contributed by atoms with Crippen molar-refractivity contribution in [3.63, 3.8) is 0 Å². The molecule has 4 heteroatoms. The second-order valence-corrected chi connectivity index (χ2v) is 5.32. The van der Waals surface area contributed by atoms with E-state index in [2.05, 4.69) is 15.3 Å². The molecule has 0 bridgehead atoms. The Kier molecular flexibility index (Phi) is 9.47. The van der Waals surface area contributed by atoms with Crippen molar-refractivity contribution in [2.75, 3.05) is 5.32 Å². The summed E-state index contributed by atoms with van der Waals surface area (Å²) in [7, 11) is 0. The van der Waals surface area contributed by atoms with Gasteiger partial charge in [0.25, 0.3) is 0 Å². The molecule has 23 heavy (non-hydrogen) atoms. The molecule has 0 saturated heterocycles. The maximum Gasteiger partial charge on any atom is 0.229 e. The number of benzene rings is 1. The molecule has 0 aliphatic carbocycles. The summed E-state index contributed by atoms with van der Waals surface area (Å²) in [6.07, 6.45) is 3.37. The third kappa shape index (κ3) is 6.59. The number of amides is 1. The summed E-state index contributed by atoms with van der Waals surface area (Å²) in [6.45, 7) is 13.6. The summed E-state index contributed by atoms with van der Waals surface area (Å²) in [6, 6.07) is 9.30. The molecule has 0 radical (unpaired) electrons. The predicted molar refractivity (Wildman–Crippen MR) is 98.2 cm³/mol. The van der Waals surface area contributed by atoms with Crippen molar-refractivity contribution >= 4 is 11.6 Å². The van der Waals surface area contributed by atoms with Crippen LogP contribution in [0, 0.1) is 5.41 Å². The molecule has 0 aliphatic rings. The van der Waals surface area contributed by atoms with Gasteiger partial charge >= 0.3 is 0 Å². The minimum Gasteiger partial charge on any atom is -0.325 e. The summed E-state index contributed by atoms with van der Waals surface area (Å²) >= 11 is 0. The third-order valence-corrected chi connectivity index (χ3v) is 2.66. The quantitative estimate of drug-likeness (QED) is 0.830. The molecular formula is C19H29N3O. The van der Waals surface area contributed by atoms with Crippen LogP contribution < -0.4 is 5.32 Å². The van der Waals surface area contributed by atoms with E-state index in [0.29, 0.717) is 5.82 Å². The van der Waals surface area contributed by atoms with E-state index in [1.165, 1.54) is 0 Å². The zero-order chi connectivity index (χ0) is 17.9. The molecule has 1 heterocycles. The van der Waals surface area contributed by atoms with Gasteiger partial charge in [0.1, 0.15) is 0 Å². The van der Waals surface area contributed by atoms with E-state index >= 15 is 0 Å². The second-order valence-electron chi connectivity index (χ2n) is 5.32. The first-order chi connectivity index (χ1) is 11.0. The number of nitrogens with one attached hydrogen (secondary N) is 1. The summed E-state index contributed by atoms with van der Waals surface area (Å²) < 4.78 is 0. The third-order valence-electron chi connectivity index (χ3n) is 2.66. The number of anilines is 1. The standard InChI is InChI=1S/C15H17N3O.2C2H6/c1-15(2,3)14(19)18-12-8-5-4-7-11(12)13-16-9-6-10-17-13;2*1-2/h4-10H,1-3H3,(H,18,19);2*1-2H3. The zero-order valence-corrected chi connectivity index (χ0v) is 15.3. The van der Waals surface area contributed by atoms with Crippen LogP contribution in [0.2, 0.25) is 0 Å². The first-order valence-electron chi connectivity index (χ1n) is 8.16. The number of carbonyl (C=O) groups is 1. The molecule has 4 nitrogen and oxygen atoms in total. The molecule has 2 rings (SSSR count). The van der Waals surface area contributed by atoms with Gasteiger partial charge in [0.05, 0.1) is 5.69 Å². The summed E-state index contributed by atoms with van der Waals surface area (Å²) in [4.78, 5) is 20.5. The zero-order valence-electron chi connectivity index (χ0n) is 15.3. The molecular weight excluding hydrogens is 286 g/mol. The molecule has 1 amide bonds. The Hall–Kier alpha value is -2.23. The Morgan fingerprint density at radius 2 is 1.43 bits per heavy atom. The monoisotopic (exact) mass is 315 g/mol. The van der Waals surface area contributed by atoms with Gasteiger partial charge in [0.15, 0.2) is 5.82 Å². The van der Waals surface area contributed by atoms with Crippen LogP contribution in [-0.2, 0) is 4.79 Å². The lowest BCUT2D eigenvalue weighted by atomic mass is 9.95.